The fraction of sp³-hybridized carbons (Fsp3) is 0.333. The molecule has 1 amide bonds. The summed E-state index contributed by atoms with van der Waals surface area (Å²) in [7, 11) is 0. The van der Waals surface area contributed by atoms with Crippen LogP contribution in [0.1, 0.15) is 37.6 Å². The van der Waals surface area contributed by atoms with Gasteiger partial charge in [0, 0.05) is 19.1 Å². The lowest BCUT2D eigenvalue weighted by molar-refractivity contribution is -0.703. The van der Waals surface area contributed by atoms with Crippen LogP contribution in [0.5, 0.6) is 0 Å². The predicted octanol–water partition coefficient (Wildman–Crippen LogP) is 3.98. The lowest BCUT2D eigenvalue weighted by atomic mass is 9.92. The number of hydrogen-bond acceptors (Lipinski definition) is 2. The summed E-state index contributed by atoms with van der Waals surface area (Å²) in [5.41, 5.74) is 3.67. The monoisotopic (exact) mass is 339 g/mol. The highest BCUT2D eigenvalue weighted by Crippen LogP contribution is 2.23. The molecule has 0 saturated carbocycles. The van der Waals surface area contributed by atoms with E-state index in [1.54, 1.807) is 0 Å². The van der Waals surface area contributed by atoms with E-state index in [0.29, 0.717) is 13.2 Å². The lowest BCUT2D eigenvalue weighted by Gasteiger charge is -2.27. The molecule has 0 atom stereocenters. The van der Waals surface area contributed by atoms with Gasteiger partial charge in [-0.1, -0.05) is 36.4 Å². The van der Waals surface area contributed by atoms with E-state index in [1.165, 1.54) is 0 Å². The predicted molar refractivity (Wildman–Crippen MR) is 100 cm³/mol. The number of ether oxygens (including phenoxy) is 1. The number of allylic oxidation sites excluding steroid dienone is 1. The normalized spacial score (nSPS) is 11.0. The van der Waals surface area contributed by atoms with Crippen LogP contribution in [0.4, 0.5) is 4.79 Å². The first-order chi connectivity index (χ1) is 11.8. The molecule has 1 aromatic carbocycles. The first-order valence-corrected chi connectivity index (χ1v) is 8.46. The van der Waals surface area contributed by atoms with Gasteiger partial charge in [-0.2, -0.15) is 4.57 Å². The van der Waals surface area contributed by atoms with E-state index in [4.69, 9.17) is 4.74 Å². The first-order valence-electron chi connectivity index (χ1n) is 8.46. The number of rotatable bonds is 6. The number of amides is 1. The third-order valence-electron chi connectivity index (χ3n) is 4.22. The van der Waals surface area contributed by atoms with Crippen molar-refractivity contribution in [3.63, 3.8) is 0 Å². The fourth-order valence-electron chi connectivity index (χ4n) is 2.59. The first kappa shape index (κ1) is 18.7. The summed E-state index contributed by atoms with van der Waals surface area (Å²) < 4.78 is 7.40. The lowest BCUT2D eigenvalue weighted by Crippen LogP contribution is -2.43. The Hall–Kier alpha value is -2.62. The molecule has 25 heavy (non-hydrogen) atoms. The van der Waals surface area contributed by atoms with Gasteiger partial charge in [-0.15, -0.1) is 0 Å². The van der Waals surface area contributed by atoms with E-state index in [1.807, 2.05) is 76.4 Å². The third-order valence-corrected chi connectivity index (χ3v) is 4.22. The van der Waals surface area contributed by atoms with Crippen molar-refractivity contribution in [3.05, 3.63) is 72.1 Å². The van der Waals surface area contributed by atoms with E-state index >= 15 is 0 Å². The number of pyridine rings is 1. The maximum absolute atomic E-state index is 12.2. The molecular formula is C21H27N2O2+. The Morgan fingerprint density at radius 1 is 1.24 bits per heavy atom. The minimum Gasteiger partial charge on any atom is -0.443 e. The van der Waals surface area contributed by atoms with E-state index in [-0.39, 0.29) is 0 Å². The molecule has 4 heteroatoms. The minimum atomic E-state index is -0.529. The van der Waals surface area contributed by atoms with Crippen LogP contribution in [0.15, 0.2) is 55.2 Å². The minimum absolute atomic E-state index is 0.323. The SMILES string of the molecule is C=C(C)c1cccc(C(C)(C)NC(=O)OCC[n+]2ccccc2C)c1. The van der Waals surface area contributed by atoms with Gasteiger partial charge in [-0.05, 0) is 38.0 Å². The van der Waals surface area contributed by atoms with Crippen molar-refractivity contribution in [1.82, 2.24) is 5.32 Å². The Balaban J connectivity index is 1.93. The van der Waals surface area contributed by atoms with Crippen LogP contribution in [0.3, 0.4) is 0 Å². The number of alkyl carbamates (subject to hydrolysis) is 1. The zero-order chi connectivity index (χ0) is 18.4. The van der Waals surface area contributed by atoms with Gasteiger partial charge in [0.15, 0.2) is 25.0 Å². The second-order valence-electron chi connectivity index (χ2n) is 6.78. The van der Waals surface area contributed by atoms with Crippen LogP contribution in [0, 0.1) is 6.92 Å². The molecule has 0 unspecified atom stereocenters. The van der Waals surface area contributed by atoms with Crippen molar-refractivity contribution in [2.24, 2.45) is 0 Å². The highest BCUT2D eigenvalue weighted by atomic mass is 16.5. The summed E-state index contributed by atoms with van der Waals surface area (Å²) in [5.74, 6) is 0. The van der Waals surface area contributed by atoms with E-state index in [0.717, 1.165) is 22.4 Å². The summed E-state index contributed by atoms with van der Waals surface area (Å²) in [6.45, 7) is 12.8. The molecule has 1 aromatic heterocycles. The zero-order valence-electron chi connectivity index (χ0n) is 15.5. The molecule has 0 aliphatic carbocycles. The van der Waals surface area contributed by atoms with Crippen molar-refractivity contribution < 1.29 is 14.1 Å². The quantitative estimate of drug-likeness (QED) is 0.809. The Morgan fingerprint density at radius 3 is 2.68 bits per heavy atom. The fourth-order valence-corrected chi connectivity index (χ4v) is 2.59. The number of nitrogens with one attached hydrogen (secondary N) is 1. The smallest absolute Gasteiger partial charge is 0.408 e. The Kier molecular flexibility index (Phi) is 5.97. The largest absolute Gasteiger partial charge is 0.443 e. The van der Waals surface area contributed by atoms with E-state index in [9.17, 15) is 4.79 Å². The molecule has 0 fully saturated rings. The number of aryl methyl sites for hydroxylation is 1. The number of benzene rings is 1. The van der Waals surface area contributed by atoms with Gasteiger partial charge in [0.05, 0.1) is 5.54 Å². The molecule has 0 bridgehead atoms. The number of hydrogen-bond donors (Lipinski definition) is 1. The number of carbonyl (C=O) groups is 1. The molecule has 0 aliphatic heterocycles. The van der Waals surface area contributed by atoms with Crippen LogP contribution in [0.25, 0.3) is 5.57 Å². The average Bonchev–Trinajstić information content (AvgIpc) is 2.56. The second kappa shape index (κ2) is 7.97. The highest BCUT2D eigenvalue weighted by molar-refractivity contribution is 5.69. The third kappa shape index (κ3) is 5.18. The maximum Gasteiger partial charge on any atom is 0.408 e. The molecule has 0 aliphatic rings. The topological polar surface area (TPSA) is 42.2 Å². The van der Waals surface area contributed by atoms with Crippen molar-refractivity contribution in [2.75, 3.05) is 6.61 Å². The maximum atomic E-state index is 12.2. The summed E-state index contributed by atoms with van der Waals surface area (Å²) in [6, 6.07) is 14.0. The molecule has 0 saturated heterocycles. The molecule has 0 radical (unpaired) electrons. The van der Waals surface area contributed by atoms with Crippen LogP contribution in [-0.2, 0) is 16.8 Å². The Labute approximate surface area is 150 Å². The molecule has 2 aromatic rings. The van der Waals surface area contributed by atoms with Crippen molar-refractivity contribution in [1.29, 1.82) is 0 Å². The Morgan fingerprint density at radius 2 is 2.00 bits per heavy atom. The van der Waals surface area contributed by atoms with Gasteiger partial charge in [0.25, 0.3) is 0 Å². The van der Waals surface area contributed by atoms with Gasteiger partial charge >= 0.3 is 6.09 Å². The molecule has 1 N–H and O–H groups in total. The molecule has 2 rings (SSSR count). The van der Waals surface area contributed by atoms with Gasteiger partial charge in [-0.25, -0.2) is 4.79 Å². The van der Waals surface area contributed by atoms with Gasteiger partial charge in [0.1, 0.15) is 0 Å². The van der Waals surface area contributed by atoms with E-state index in [2.05, 4.69) is 16.5 Å². The van der Waals surface area contributed by atoms with Crippen molar-refractivity contribution in [3.8, 4) is 0 Å². The van der Waals surface area contributed by atoms with Gasteiger partial charge < -0.3 is 10.1 Å². The van der Waals surface area contributed by atoms with Crippen LogP contribution in [-0.4, -0.2) is 12.7 Å². The molecular weight excluding hydrogens is 312 g/mol. The Bertz CT molecular complexity index is 766. The summed E-state index contributed by atoms with van der Waals surface area (Å²) in [6.07, 6.45) is 1.56. The molecule has 1 heterocycles. The number of carbonyl (C=O) groups excluding carboxylic acids is 1. The average molecular weight is 339 g/mol. The molecule has 4 nitrogen and oxygen atoms in total. The second-order valence-corrected chi connectivity index (χ2v) is 6.78. The van der Waals surface area contributed by atoms with Gasteiger partial charge in [-0.3, -0.25) is 0 Å². The van der Waals surface area contributed by atoms with Gasteiger partial charge in [0.2, 0.25) is 0 Å². The summed E-state index contributed by atoms with van der Waals surface area (Å²) in [5, 5.41) is 2.94. The molecule has 0 spiro atoms. The summed E-state index contributed by atoms with van der Waals surface area (Å²) >= 11 is 0. The van der Waals surface area contributed by atoms with Crippen LogP contribution >= 0.6 is 0 Å². The van der Waals surface area contributed by atoms with Crippen LogP contribution < -0.4 is 9.88 Å². The van der Waals surface area contributed by atoms with E-state index < -0.39 is 11.6 Å². The zero-order valence-corrected chi connectivity index (χ0v) is 15.5. The van der Waals surface area contributed by atoms with Crippen molar-refractivity contribution >= 4 is 11.7 Å². The standard InChI is InChI=1S/C21H26N2O2/c1-16(2)18-10-8-11-19(15-18)21(4,5)22-20(24)25-14-13-23-12-7-6-9-17(23)3/h6-12,15H,1,13-14H2,2-5H3/p+1. The highest BCUT2D eigenvalue weighted by Gasteiger charge is 2.24. The molecule has 132 valence electrons. The number of aromatic nitrogens is 1. The van der Waals surface area contributed by atoms with Crippen molar-refractivity contribution in [2.45, 2.75) is 39.8 Å². The summed E-state index contributed by atoms with van der Waals surface area (Å²) in [4.78, 5) is 12.2. The number of nitrogens with zero attached hydrogens (tertiary/aromatic N) is 1. The van der Waals surface area contributed by atoms with Crippen LogP contribution in [0.2, 0.25) is 0 Å².